The fraction of sp³-hybridized carbons (Fsp3) is 0.727. The van der Waals surface area contributed by atoms with Gasteiger partial charge >= 0.3 is 0 Å². The van der Waals surface area contributed by atoms with Crippen LogP contribution in [0.1, 0.15) is 62.5 Å². The number of nitrogens with one attached hydrogen (secondary N) is 2. The van der Waals surface area contributed by atoms with Gasteiger partial charge in [-0.25, -0.2) is 0 Å². The first-order valence-electron chi connectivity index (χ1n) is 10.7. The molecular weight excluding hydrogens is 372 g/mol. The lowest BCUT2D eigenvalue weighted by atomic mass is 9.81. The van der Waals surface area contributed by atoms with Crippen LogP contribution < -0.4 is 14.8 Å². The Balaban J connectivity index is 1.50. The topological polar surface area (TPSA) is 65.6 Å². The smallest absolute Gasteiger partial charge is 0.125 e. The van der Waals surface area contributed by atoms with Gasteiger partial charge in [-0.3, -0.25) is 0 Å². The molecule has 5 nitrogen and oxygen atoms in total. The number of ether oxygens (including phenoxy) is 2. The summed E-state index contributed by atoms with van der Waals surface area (Å²) >= 11 is -0.982. The molecule has 1 aliphatic heterocycles. The van der Waals surface area contributed by atoms with Gasteiger partial charge < -0.3 is 19.3 Å². The minimum atomic E-state index is -0.982. The normalized spacial score (nSPS) is 29.4. The maximum atomic E-state index is 11.6. The van der Waals surface area contributed by atoms with Crippen molar-refractivity contribution in [2.24, 2.45) is 0 Å². The SMILES string of the molecule is CCOc1c(C)cccc1[C@H]1CC[C@@H](OCC2NCCCC2N[S+](C)[O-])CC1. The molecular formula is C22H36N2O3S. The van der Waals surface area contributed by atoms with Crippen molar-refractivity contribution < 1.29 is 14.0 Å². The van der Waals surface area contributed by atoms with E-state index < -0.39 is 11.4 Å². The summed E-state index contributed by atoms with van der Waals surface area (Å²) in [4.78, 5) is 0. The average molecular weight is 409 g/mol. The molecule has 2 aliphatic rings. The van der Waals surface area contributed by atoms with Crippen LogP contribution in [-0.4, -0.2) is 48.8 Å². The van der Waals surface area contributed by atoms with E-state index in [-0.39, 0.29) is 12.1 Å². The molecule has 6 heteroatoms. The molecule has 3 unspecified atom stereocenters. The van der Waals surface area contributed by atoms with Crippen molar-refractivity contribution in [3.63, 3.8) is 0 Å². The van der Waals surface area contributed by atoms with Crippen LogP contribution >= 0.6 is 0 Å². The number of rotatable bonds is 8. The van der Waals surface area contributed by atoms with Crippen LogP contribution in [0.5, 0.6) is 5.75 Å². The highest BCUT2D eigenvalue weighted by atomic mass is 32.2. The van der Waals surface area contributed by atoms with E-state index in [1.165, 1.54) is 11.1 Å². The van der Waals surface area contributed by atoms with Gasteiger partial charge in [0.15, 0.2) is 0 Å². The number of hydrogen-bond acceptors (Lipinski definition) is 5. The molecule has 28 heavy (non-hydrogen) atoms. The van der Waals surface area contributed by atoms with E-state index in [1.54, 1.807) is 6.26 Å². The zero-order chi connectivity index (χ0) is 19.9. The Morgan fingerprint density at radius 2 is 2.00 bits per heavy atom. The third kappa shape index (κ3) is 5.86. The number of piperidine rings is 1. The molecule has 1 aliphatic carbocycles. The molecule has 0 radical (unpaired) electrons. The summed E-state index contributed by atoms with van der Waals surface area (Å²) in [6.45, 7) is 6.61. The van der Waals surface area contributed by atoms with Crippen molar-refractivity contribution in [3.05, 3.63) is 29.3 Å². The molecule has 0 aromatic heterocycles. The second-order valence-corrected chi connectivity index (χ2v) is 9.26. The maximum Gasteiger partial charge on any atom is 0.125 e. The average Bonchev–Trinajstić information content (AvgIpc) is 2.69. The van der Waals surface area contributed by atoms with Crippen molar-refractivity contribution in [3.8, 4) is 5.75 Å². The van der Waals surface area contributed by atoms with Crippen molar-refractivity contribution in [1.29, 1.82) is 0 Å². The van der Waals surface area contributed by atoms with Gasteiger partial charge in [-0.2, -0.15) is 0 Å². The van der Waals surface area contributed by atoms with Crippen LogP contribution in [0.25, 0.3) is 0 Å². The third-order valence-corrected chi connectivity index (χ3v) is 6.69. The Morgan fingerprint density at radius 1 is 1.21 bits per heavy atom. The van der Waals surface area contributed by atoms with Gasteiger partial charge in [0.2, 0.25) is 0 Å². The summed E-state index contributed by atoms with van der Waals surface area (Å²) in [5, 5.41) is 3.54. The molecule has 2 fully saturated rings. The van der Waals surface area contributed by atoms with E-state index in [0.29, 0.717) is 25.2 Å². The highest BCUT2D eigenvalue weighted by Gasteiger charge is 2.30. The van der Waals surface area contributed by atoms with Crippen molar-refractivity contribution in [2.45, 2.75) is 76.5 Å². The minimum Gasteiger partial charge on any atom is -0.598 e. The van der Waals surface area contributed by atoms with Gasteiger partial charge in [0.05, 0.1) is 31.4 Å². The Hall–Kier alpha value is -0.790. The number of benzene rings is 1. The van der Waals surface area contributed by atoms with E-state index in [2.05, 4.69) is 42.1 Å². The Kier molecular flexibility index (Phi) is 8.48. The van der Waals surface area contributed by atoms with Crippen LogP contribution in [0, 0.1) is 6.92 Å². The van der Waals surface area contributed by atoms with Crippen molar-refractivity contribution in [1.82, 2.24) is 10.0 Å². The number of aryl methyl sites for hydroxylation is 1. The maximum absolute atomic E-state index is 11.6. The lowest BCUT2D eigenvalue weighted by Crippen LogP contribution is -2.55. The minimum absolute atomic E-state index is 0.233. The lowest BCUT2D eigenvalue weighted by Gasteiger charge is -2.35. The first kappa shape index (κ1) is 21.9. The number of hydrogen-bond donors (Lipinski definition) is 2. The molecule has 3 rings (SSSR count). The molecule has 1 aromatic carbocycles. The van der Waals surface area contributed by atoms with E-state index in [1.807, 2.05) is 0 Å². The predicted octanol–water partition coefficient (Wildman–Crippen LogP) is 3.44. The second kappa shape index (κ2) is 10.8. The summed E-state index contributed by atoms with van der Waals surface area (Å²) < 4.78 is 27.0. The van der Waals surface area contributed by atoms with Crippen LogP contribution in [0.4, 0.5) is 0 Å². The monoisotopic (exact) mass is 408 g/mol. The van der Waals surface area contributed by atoms with Crippen LogP contribution in [-0.2, 0) is 16.1 Å². The van der Waals surface area contributed by atoms with E-state index in [9.17, 15) is 4.55 Å². The Labute approximate surface area is 173 Å². The zero-order valence-corrected chi connectivity index (χ0v) is 18.4. The molecule has 158 valence electrons. The number of para-hydroxylation sites is 1. The van der Waals surface area contributed by atoms with E-state index >= 15 is 0 Å². The third-order valence-electron chi connectivity index (χ3n) is 6.06. The van der Waals surface area contributed by atoms with Crippen LogP contribution in [0.3, 0.4) is 0 Å². The van der Waals surface area contributed by atoms with Gasteiger partial charge in [-0.1, -0.05) is 18.2 Å². The zero-order valence-electron chi connectivity index (χ0n) is 17.5. The molecule has 0 bridgehead atoms. The Bertz CT molecular complexity index is 605. The fourth-order valence-corrected chi connectivity index (χ4v) is 5.31. The summed E-state index contributed by atoms with van der Waals surface area (Å²) in [7, 11) is 0. The molecule has 0 spiro atoms. The fourth-order valence-electron chi connectivity index (χ4n) is 4.60. The van der Waals surface area contributed by atoms with Gasteiger partial charge in [0, 0.05) is 11.4 Å². The lowest BCUT2D eigenvalue weighted by molar-refractivity contribution is 0.00510. The molecule has 1 heterocycles. The molecule has 0 amide bonds. The van der Waals surface area contributed by atoms with Crippen molar-refractivity contribution in [2.75, 3.05) is 26.0 Å². The molecule has 2 N–H and O–H groups in total. The summed E-state index contributed by atoms with van der Waals surface area (Å²) in [6.07, 6.45) is 8.68. The standard InChI is InChI=1S/C22H36N2O3S/c1-4-26-22-16(2)7-5-8-19(22)17-10-12-18(13-11-17)27-15-21-20(24-28(3)25)9-6-14-23-21/h5,7-8,17-18,20-21,23-24H,4,6,9-15H2,1-3H3/t17-,18+,20?,21?,28?. The highest BCUT2D eigenvalue weighted by molar-refractivity contribution is 7.88. The largest absolute Gasteiger partial charge is 0.598 e. The summed E-state index contributed by atoms with van der Waals surface area (Å²) in [5.41, 5.74) is 2.59. The molecule has 1 saturated carbocycles. The first-order valence-corrected chi connectivity index (χ1v) is 12.3. The van der Waals surface area contributed by atoms with E-state index in [0.717, 1.165) is 50.8 Å². The van der Waals surface area contributed by atoms with Gasteiger partial charge in [0.1, 0.15) is 12.0 Å². The van der Waals surface area contributed by atoms with Gasteiger partial charge in [-0.15, -0.1) is 4.72 Å². The van der Waals surface area contributed by atoms with E-state index in [4.69, 9.17) is 9.47 Å². The summed E-state index contributed by atoms with van der Waals surface area (Å²) in [6, 6.07) is 6.99. The Morgan fingerprint density at radius 3 is 2.71 bits per heavy atom. The van der Waals surface area contributed by atoms with Crippen LogP contribution in [0.2, 0.25) is 0 Å². The summed E-state index contributed by atoms with van der Waals surface area (Å²) in [5.74, 6) is 1.65. The predicted molar refractivity (Wildman–Crippen MR) is 115 cm³/mol. The quantitative estimate of drug-likeness (QED) is 0.645. The molecule has 1 saturated heterocycles. The van der Waals surface area contributed by atoms with Gasteiger partial charge in [0.25, 0.3) is 0 Å². The van der Waals surface area contributed by atoms with Crippen molar-refractivity contribution >= 4 is 11.4 Å². The van der Waals surface area contributed by atoms with Gasteiger partial charge in [-0.05, 0) is 76.0 Å². The molecule has 1 aromatic rings. The van der Waals surface area contributed by atoms with Crippen LogP contribution in [0.15, 0.2) is 18.2 Å². The highest BCUT2D eigenvalue weighted by Crippen LogP contribution is 2.39. The first-order chi connectivity index (χ1) is 13.6. The molecule has 3 atom stereocenters. The second-order valence-electron chi connectivity index (χ2n) is 8.11.